The molecule has 0 bridgehead atoms. The number of aryl methyl sites for hydroxylation is 3. The predicted octanol–water partition coefficient (Wildman–Crippen LogP) is 3.38. The van der Waals surface area contributed by atoms with Gasteiger partial charge in [0, 0.05) is 23.5 Å². The van der Waals surface area contributed by atoms with E-state index in [2.05, 4.69) is 16.2 Å². The molecule has 1 N–H and O–H groups in total. The zero-order valence-corrected chi connectivity index (χ0v) is 16.8. The second-order valence-corrected chi connectivity index (χ2v) is 8.03. The minimum absolute atomic E-state index is 0.0442. The van der Waals surface area contributed by atoms with E-state index in [0.717, 1.165) is 29.5 Å². The van der Waals surface area contributed by atoms with E-state index >= 15 is 0 Å². The number of ether oxygens (including phenoxy) is 1. The lowest BCUT2D eigenvalue weighted by molar-refractivity contribution is -0.116. The molecule has 0 unspecified atom stereocenters. The van der Waals surface area contributed by atoms with Gasteiger partial charge in [-0.25, -0.2) is 4.98 Å². The average Bonchev–Trinajstić information content (AvgIpc) is 3.12. The van der Waals surface area contributed by atoms with Crippen LogP contribution in [0.4, 0.5) is 5.69 Å². The zero-order valence-electron chi connectivity index (χ0n) is 15.9. The van der Waals surface area contributed by atoms with Gasteiger partial charge in [-0.15, -0.1) is 17.8 Å². The van der Waals surface area contributed by atoms with Crippen molar-refractivity contribution >= 4 is 33.1 Å². The second-order valence-electron chi connectivity index (χ2n) is 6.95. The third-order valence-electron chi connectivity index (χ3n) is 4.98. The van der Waals surface area contributed by atoms with Gasteiger partial charge in [0.1, 0.15) is 17.2 Å². The van der Waals surface area contributed by atoms with Crippen LogP contribution in [-0.2, 0) is 24.2 Å². The van der Waals surface area contributed by atoms with Crippen molar-refractivity contribution in [3.8, 4) is 18.1 Å². The Morgan fingerprint density at radius 2 is 2.07 bits per heavy atom. The molecule has 0 radical (unpaired) electrons. The highest BCUT2D eigenvalue weighted by atomic mass is 32.1. The van der Waals surface area contributed by atoms with Crippen LogP contribution < -0.4 is 15.6 Å². The van der Waals surface area contributed by atoms with Crippen molar-refractivity contribution in [2.75, 3.05) is 11.9 Å². The predicted molar refractivity (Wildman–Crippen MR) is 115 cm³/mol. The van der Waals surface area contributed by atoms with Gasteiger partial charge < -0.3 is 10.1 Å². The van der Waals surface area contributed by atoms with E-state index in [0.29, 0.717) is 18.0 Å². The maximum Gasteiger partial charge on any atom is 0.262 e. The van der Waals surface area contributed by atoms with E-state index in [9.17, 15) is 9.59 Å². The molecule has 0 fully saturated rings. The lowest BCUT2D eigenvalue weighted by atomic mass is 9.97. The Morgan fingerprint density at radius 1 is 1.28 bits per heavy atom. The first kappa shape index (κ1) is 19.2. The highest BCUT2D eigenvalue weighted by Crippen LogP contribution is 2.33. The molecule has 0 aliphatic heterocycles. The number of hydrogen-bond donors (Lipinski definition) is 1. The Hall–Kier alpha value is -3.11. The normalized spacial score (nSPS) is 12.9. The summed E-state index contributed by atoms with van der Waals surface area (Å²) in [7, 11) is 0. The lowest BCUT2D eigenvalue weighted by Crippen LogP contribution is -2.24. The molecule has 3 aromatic rings. The first-order valence-corrected chi connectivity index (χ1v) is 10.4. The standard InChI is InChI=1S/C22H21N3O3S/c1-2-13-28-16-9-7-15(8-10-16)24-19(26)11-12-25-14-23-21-20(22(25)27)17-5-3-4-6-18(17)29-21/h1,7-10,14H,3-6,11-13H2,(H,24,26). The fraction of sp³-hybridized carbons (Fsp3) is 0.318. The number of benzene rings is 1. The molecule has 2 aromatic heterocycles. The summed E-state index contributed by atoms with van der Waals surface area (Å²) in [5.74, 6) is 2.88. The quantitative estimate of drug-likeness (QED) is 0.636. The van der Waals surface area contributed by atoms with E-state index in [1.54, 1.807) is 46.5 Å². The van der Waals surface area contributed by atoms with Crippen LogP contribution in [0, 0.1) is 12.3 Å². The number of nitrogens with one attached hydrogen (secondary N) is 1. The smallest absolute Gasteiger partial charge is 0.262 e. The molecule has 1 amide bonds. The van der Waals surface area contributed by atoms with E-state index < -0.39 is 0 Å². The highest BCUT2D eigenvalue weighted by molar-refractivity contribution is 7.18. The molecular formula is C22H21N3O3S. The molecule has 4 rings (SSSR count). The summed E-state index contributed by atoms with van der Waals surface area (Å²) in [5, 5.41) is 3.57. The van der Waals surface area contributed by atoms with Gasteiger partial charge in [0.05, 0.1) is 11.7 Å². The molecule has 0 spiro atoms. The average molecular weight is 407 g/mol. The number of thiophene rings is 1. The van der Waals surface area contributed by atoms with Gasteiger partial charge in [0.15, 0.2) is 0 Å². The minimum Gasteiger partial charge on any atom is -0.481 e. The van der Waals surface area contributed by atoms with Gasteiger partial charge in [0.25, 0.3) is 5.56 Å². The molecule has 2 heterocycles. The molecule has 148 valence electrons. The molecular weight excluding hydrogens is 386 g/mol. The van der Waals surface area contributed by atoms with E-state index in [-0.39, 0.29) is 24.5 Å². The molecule has 1 aromatic carbocycles. The summed E-state index contributed by atoms with van der Waals surface area (Å²) < 4.78 is 6.85. The first-order chi connectivity index (χ1) is 14.2. The fourth-order valence-corrected chi connectivity index (χ4v) is 4.76. The third-order valence-corrected chi connectivity index (χ3v) is 6.18. The van der Waals surface area contributed by atoms with Gasteiger partial charge >= 0.3 is 0 Å². The summed E-state index contributed by atoms with van der Waals surface area (Å²) >= 11 is 1.63. The fourth-order valence-electron chi connectivity index (χ4n) is 3.55. The van der Waals surface area contributed by atoms with Crippen LogP contribution in [0.3, 0.4) is 0 Å². The molecule has 6 nitrogen and oxygen atoms in total. The van der Waals surface area contributed by atoms with Crippen molar-refractivity contribution < 1.29 is 9.53 Å². The summed E-state index contributed by atoms with van der Waals surface area (Å²) in [4.78, 5) is 31.8. The van der Waals surface area contributed by atoms with Gasteiger partial charge in [-0.1, -0.05) is 5.92 Å². The third kappa shape index (κ3) is 4.17. The van der Waals surface area contributed by atoms with Crippen molar-refractivity contribution in [1.29, 1.82) is 0 Å². The van der Waals surface area contributed by atoms with Crippen LogP contribution in [0.5, 0.6) is 5.75 Å². The summed E-state index contributed by atoms with van der Waals surface area (Å²) in [6.45, 7) is 0.494. The van der Waals surface area contributed by atoms with Crippen molar-refractivity contribution in [3.05, 3.63) is 51.4 Å². The maximum absolute atomic E-state index is 12.9. The Kier molecular flexibility index (Phi) is 5.63. The number of nitrogens with zero attached hydrogens (tertiary/aromatic N) is 2. The number of rotatable bonds is 6. The number of anilines is 1. The number of aromatic nitrogens is 2. The van der Waals surface area contributed by atoms with Gasteiger partial charge in [-0.05, 0) is 55.5 Å². The van der Waals surface area contributed by atoms with E-state index in [1.165, 1.54) is 16.9 Å². The lowest BCUT2D eigenvalue weighted by Gasteiger charge is -2.10. The SMILES string of the molecule is C#CCOc1ccc(NC(=O)CCn2cnc3sc4c(c3c2=O)CCCC4)cc1. The number of carbonyl (C=O) groups excluding carboxylic acids is 1. The molecule has 0 saturated carbocycles. The maximum atomic E-state index is 12.9. The van der Waals surface area contributed by atoms with Crippen molar-refractivity contribution in [2.24, 2.45) is 0 Å². The number of carbonyl (C=O) groups is 1. The topological polar surface area (TPSA) is 73.2 Å². The Balaban J connectivity index is 1.41. The summed E-state index contributed by atoms with van der Waals surface area (Å²) in [6.07, 6.45) is 11.2. The Labute approximate surface area is 172 Å². The number of fused-ring (bicyclic) bond motifs is 3. The van der Waals surface area contributed by atoms with E-state index in [1.807, 2.05) is 0 Å². The van der Waals surface area contributed by atoms with Crippen molar-refractivity contribution in [3.63, 3.8) is 0 Å². The molecule has 7 heteroatoms. The van der Waals surface area contributed by atoms with Crippen LogP contribution in [-0.4, -0.2) is 22.1 Å². The largest absolute Gasteiger partial charge is 0.481 e. The zero-order chi connectivity index (χ0) is 20.2. The molecule has 1 aliphatic rings. The molecule has 29 heavy (non-hydrogen) atoms. The number of hydrogen-bond acceptors (Lipinski definition) is 5. The van der Waals surface area contributed by atoms with Gasteiger partial charge in [0.2, 0.25) is 5.91 Å². The number of terminal acetylenes is 1. The Bertz CT molecular complexity index is 1140. The molecule has 1 aliphatic carbocycles. The van der Waals surface area contributed by atoms with Crippen molar-refractivity contribution in [1.82, 2.24) is 9.55 Å². The van der Waals surface area contributed by atoms with Crippen LogP contribution in [0.25, 0.3) is 10.2 Å². The second kappa shape index (κ2) is 8.50. The van der Waals surface area contributed by atoms with Crippen molar-refractivity contribution in [2.45, 2.75) is 38.6 Å². The Morgan fingerprint density at radius 3 is 2.86 bits per heavy atom. The highest BCUT2D eigenvalue weighted by Gasteiger charge is 2.20. The summed E-state index contributed by atoms with van der Waals surface area (Å²) in [5.41, 5.74) is 1.78. The van der Waals surface area contributed by atoms with Crippen LogP contribution in [0.15, 0.2) is 35.4 Å². The summed E-state index contributed by atoms with van der Waals surface area (Å²) in [6, 6.07) is 6.99. The molecule has 0 saturated heterocycles. The number of amides is 1. The van der Waals surface area contributed by atoms with Gasteiger partial charge in [-0.3, -0.25) is 14.2 Å². The first-order valence-electron chi connectivity index (χ1n) is 9.61. The van der Waals surface area contributed by atoms with E-state index in [4.69, 9.17) is 11.2 Å². The molecule has 0 atom stereocenters. The van der Waals surface area contributed by atoms with Crippen LogP contribution in [0.2, 0.25) is 0 Å². The van der Waals surface area contributed by atoms with Crippen LogP contribution in [0.1, 0.15) is 29.7 Å². The monoisotopic (exact) mass is 407 g/mol. The van der Waals surface area contributed by atoms with Crippen LogP contribution >= 0.6 is 11.3 Å². The van der Waals surface area contributed by atoms with Gasteiger partial charge in [-0.2, -0.15) is 0 Å². The minimum atomic E-state index is -0.165.